The number of benzene rings is 1. The number of allylic oxidation sites excluding steroid dienone is 1. The zero-order valence-corrected chi connectivity index (χ0v) is 14.9. The van der Waals surface area contributed by atoms with Crippen molar-refractivity contribution in [2.45, 2.75) is 11.7 Å². The molecular formula is C18H15F2N5OS. The van der Waals surface area contributed by atoms with Crippen LogP contribution in [0, 0.1) is 11.6 Å². The van der Waals surface area contributed by atoms with E-state index in [1.807, 2.05) is 6.07 Å². The molecule has 1 N–H and O–H groups in total. The summed E-state index contributed by atoms with van der Waals surface area (Å²) in [7, 11) is 0. The second-order valence-electron chi connectivity index (χ2n) is 5.41. The molecule has 138 valence electrons. The number of pyridine rings is 1. The molecule has 0 saturated carbocycles. The maximum Gasteiger partial charge on any atom is 0.234 e. The second kappa shape index (κ2) is 8.54. The average Bonchev–Trinajstić information content (AvgIpc) is 3.06. The van der Waals surface area contributed by atoms with Crippen molar-refractivity contribution in [3.05, 3.63) is 67.0 Å². The van der Waals surface area contributed by atoms with E-state index in [-0.39, 0.29) is 11.4 Å². The van der Waals surface area contributed by atoms with Crippen LogP contribution in [0.3, 0.4) is 0 Å². The lowest BCUT2D eigenvalue weighted by atomic mass is 10.3. The van der Waals surface area contributed by atoms with Crippen molar-refractivity contribution in [3.63, 3.8) is 0 Å². The lowest BCUT2D eigenvalue weighted by Gasteiger charge is -2.08. The highest BCUT2D eigenvalue weighted by molar-refractivity contribution is 7.99. The third kappa shape index (κ3) is 4.56. The van der Waals surface area contributed by atoms with Crippen molar-refractivity contribution in [2.75, 3.05) is 11.1 Å². The Morgan fingerprint density at radius 3 is 2.85 bits per heavy atom. The van der Waals surface area contributed by atoms with Gasteiger partial charge < -0.3 is 5.32 Å². The molecule has 2 heterocycles. The van der Waals surface area contributed by atoms with Crippen molar-refractivity contribution in [2.24, 2.45) is 0 Å². The van der Waals surface area contributed by atoms with E-state index in [0.29, 0.717) is 23.6 Å². The highest BCUT2D eigenvalue weighted by Crippen LogP contribution is 2.24. The molecule has 3 aromatic rings. The van der Waals surface area contributed by atoms with Gasteiger partial charge in [0, 0.05) is 30.6 Å². The first-order valence-corrected chi connectivity index (χ1v) is 8.89. The van der Waals surface area contributed by atoms with Crippen LogP contribution in [0.1, 0.15) is 0 Å². The zero-order chi connectivity index (χ0) is 19.2. The number of anilines is 1. The lowest BCUT2D eigenvalue weighted by molar-refractivity contribution is -0.113. The number of carbonyl (C=O) groups excluding carboxylic acids is 1. The summed E-state index contributed by atoms with van der Waals surface area (Å²) < 4.78 is 28.4. The Labute approximate surface area is 158 Å². The van der Waals surface area contributed by atoms with E-state index in [9.17, 15) is 13.6 Å². The van der Waals surface area contributed by atoms with Gasteiger partial charge in [0.25, 0.3) is 0 Å². The van der Waals surface area contributed by atoms with E-state index in [0.717, 1.165) is 23.4 Å². The van der Waals surface area contributed by atoms with Crippen LogP contribution in [0.5, 0.6) is 0 Å². The van der Waals surface area contributed by atoms with Crippen LogP contribution in [0.15, 0.2) is 60.5 Å². The number of nitrogens with zero attached hydrogens (tertiary/aromatic N) is 4. The fourth-order valence-electron chi connectivity index (χ4n) is 2.30. The Morgan fingerprint density at radius 2 is 2.15 bits per heavy atom. The second-order valence-corrected chi connectivity index (χ2v) is 6.35. The molecule has 1 aromatic carbocycles. The van der Waals surface area contributed by atoms with Crippen LogP contribution in [-0.4, -0.2) is 31.4 Å². The standard InChI is InChI=1S/C18H15F2N5OS/c1-2-8-25-17(12-4-3-7-21-10-12)23-24-18(25)27-11-16(26)22-15-6-5-13(19)9-14(15)20/h2-7,9-10H,1,8,11H2,(H,22,26). The number of carbonyl (C=O) groups is 1. The number of rotatable bonds is 7. The fraction of sp³-hybridized carbons (Fsp3) is 0.111. The van der Waals surface area contributed by atoms with Gasteiger partial charge in [-0.15, -0.1) is 16.8 Å². The van der Waals surface area contributed by atoms with E-state index in [2.05, 4.69) is 27.1 Å². The predicted molar refractivity (Wildman–Crippen MR) is 99.2 cm³/mol. The van der Waals surface area contributed by atoms with Gasteiger partial charge >= 0.3 is 0 Å². The van der Waals surface area contributed by atoms with Crippen LogP contribution in [0.25, 0.3) is 11.4 Å². The minimum absolute atomic E-state index is 0.0147. The number of hydrogen-bond acceptors (Lipinski definition) is 5. The molecule has 27 heavy (non-hydrogen) atoms. The Bertz CT molecular complexity index is 962. The first-order chi connectivity index (χ1) is 13.1. The monoisotopic (exact) mass is 387 g/mol. The van der Waals surface area contributed by atoms with Gasteiger partial charge in [-0.2, -0.15) is 0 Å². The summed E-state index contributed by atoms with van der Waals surface area (Å²) in [5, 5.41) is 11.2. The van der Waals surface area contributed by atoms with Crippen molar-refractivity contribution >= 4 is 23.4 Å². The molecule has 0 bridgehead atoms. The van der Waals surface area contributed by atoms with Crippen molar-refractivity contribution in [1.29, 1.82) is 0 Å². The fourth-order valence-corrected chi connectivity index (χ4v) is 3.05. The summed E-state index contributed by atoms with van der Waals surface area (Å²) in [5.74, 6) is -1.39. The van der Waals surface area contributed by atoms with Gasteiger partial charge in [-0.25, -0.2) is 8.78 Å². The maximum atomic E-state index is 13.6. The zero-order valence-electron chi connectivity index (χ0n) is 14.1. The van der Waals surface area contributed by atoms with Gasteiger partial charge in [-0.3, -0.25) is 14.3 Å². The van der Waals surface area contributed by atoms with Crippen molar-refractivity contribution in [3.8, 4) is 11.4 Å². The van der Waals surface area contributed by atoms with Gasteiger partial charge in [-0.1, -0.05) is 17.8 Å². The Hall–Kier alpha value is -3.07. The predicted octanol–water partition coefficient (Wildman–Crippen LogP) is 3.54. The number of thioether (sulfide) groups is 1. The normalized spacial score (nSPS) is 10.6. The molecule has 0 atom stereocenters. The summed E-state index contributed by atoms with van der Waals surface area (Å²) in [6.45, 7) is 4.18. The van der Waals surface area contributed by atoms with Crippen LogP contribution >= 0.6 is 11.8 Å². The van der Waals surface area contributed by atoms with Crippen molar-refractivity contribution in [1.82, 2.24) is 19.7 Å². The van der Waals surface area contributed by atoms with Gasteiger partial charge in [0.15, 0.2) is 11.0 Å². The SMILES string of the molecule is C=CCn1c(SCC(=O)Nc2ccc(F)cc2F)nnc1-c1cccnc1. The quantitative estimate of drug-likeness (QED) is 0.496. The number of halogens is 2. The molecule has 0 aliphatic rings. The molecule has 1 amide bonds. The minimum atomic E-state index is -0.831. The van der Waals surface area contributed by atoms with E-state index >= 15 is 0 Å². The van der Waals surface area contributed by atoms with Crippen LogP contribution in [0.2, 0.25) is 0 Å². The van der Waals surface area contributed by atoms with E-state index in [4.69, 9.17) is 0 Å². The summed E-state index contributed by atoms with van der Waals surface area (Å²) in [6.07, 6.45) is 5.02. The highest BCUT2D eigenvalue weighted by Gasteiger charge is 2.15. The maximum absolute atomic E-state index is 13.6. The Kier molecular flexibility index (Phi) is 5.92. The summed E-state index contributed by atoms with van der Waals surface area (Å²) in [5.41, 5.74) is 0.710. The van der Waals surface area contributed by atoms with Crippen molar-refractivity contribution < 1.29 is 13.6 Å². The molecule has 0 fully saturated rings. The summed E-state index contributed by atoms with van der Waals surface area (Å²) >= 11 is 1.15. The molecule has 0 radical (unpaired) electrons. The molecule has 0 spiro atoms. The molecule has 9 heteroatoms. The minimum Gasteiger partial charge on any atom is -0.323 e. The lowest BCUT2D eigenvalue weighted by Crippen LogP contribution is -2.15. The smallest absolute Gasteiger partial charge is 0.234 e. The third-order valence-electron chi connectivity index (χ3n) is 3.49. The van der Waals surface area contributed by atoms with E-state index < -0.39 is 17.5 Å². The van der Waals surface area contributed by atoms with Crippen LogP contribution in [-0.2, 0) is 11.3 Å². The summed E-state index contributed by atoms with van der Waals surface area (Å²) in [6, 6.07) is 6.61. The highest BCUT2D eigenvalue weighted by atomic mass is 32.2. The Balaban J connectivity index is 1.71. The molecule has 3 rings (SSSR count). The average molecular weight is 387 g/mol. The first kappa shape index (κ1) is 18.7. The van der Waals surface area contributed by atoms with Crippen LogP contribution < -0.4 is 5.32 Å². The van der Waals surface area contributed by atoms with Gasteiger partial charge in [0.1, 0.15) is 11.6 Å². The van der Waals surface area contributed by atoms with Gasteiger partial charge in [0.05, 0.1) is 11.4 Å². The van der Waals surface area contributed by atoms with Gasteiger partial charge in [0.2, 0.25) is 5.91 Å². The number of aromatic nitrogens is 4. The third-order valence-corrected chi connectivity index (χ3v) is 4.45. The molecule has 0 aliphatic carbocycles. The molecule has 2 aromatic heterocycles. The topological polar surface area (TPSA) is 72.7 Å². The molecule has 6 nitrogen and oxygen atoms in total. The number of nitrogens with one attached hydrogen (secondary N) is 1. The molecular weight excluding hydrogens is 372 g/mol. The summed E-state index contributed by atoms with van der Waals surface area (Å²) in [4.78, 5) is 16.2. The first-order valence-electron chi connectivity index (χ1n) is 7.90. The molecule has 0 aliphatic heterocycles. The van der Waals surface area contributed by atoms with Gasteiger partial charge in [-0.05, 0) is 24.3 Å². The van der Waals surface area contributed by atoms with E-state index in [1.54, 1.807) is 29.1 Å². The number of amides is 1. The number of hydrogen-bond donors (Lipinski definition) is 1. The molecule has 0 unspecified atom stereocenters. The Morgan fingerprint density at radius 1 is 1.30 bits per heavy atom. The van der Waals surface area contributed by atoms with E-state index in [1.165, 1.54) is 6.07 Å². The largest absolute Gasteiger partial charge is 0.323 e. The van der Waals surface area contributed by atoms with Crippen LogP contribution in [0.4, 0.5) is 14.5 Å². The molecule has 0 saturated heterocycles.